The van der Waals surface area contributed by atoms with Crippen molar-refractivity contribution in [1.82, 2.24) is 29.2 Å². The lowest BCUT2D eigenvalue weighted by Crippen LogP contribution is -2.35. The van der Waals surface area contributed by atoms with Gasteiger partial charge in [-0.2, -0.15) is 5.10 Å². The van der Waals surface area contributed by atoms with Crippen LogP contribution >= 0.6 is 11.3 Å². The Kier molecular flexibility index (Phi) is 3.66. The predicted molar refractivity (Wildman–Crippen MR) is 84.8 cm³/mol. The van der Waals surface area contributed by atoms with Crippen LogP contribution < -0.4 is 0 Å². The van der Waals surface area contributed by atoms with Gasteiger partial charge in [-0.25, -0.2) is 9.97 Å². The van der Waals surface area contributed by atoms with Crippen LogP contribution in [0.4, 0.5) is 0 Å². The monoisotopic (exact) mass is 328 g/mol. The van der Waals surface area contributed by atoms with Crippen molar-refractivity contribution in [3.05, 3.63) is 53.3 Å². The number of nitrogens with zero attached hydrogens (tertiary/aromatic N) is 6. The zero-order chi connectivity index (χ0) is 15.6. The highest BCUT2D eigenvalue weighted by Crippen LogP contribution is 2.19. The van der Waals surface area contributed by atoms with E-state index in [1.165, 1.54) is 11.3 Å². The van der Waals surface area contributed by atoms with E-state index in [-0.39, 0.29) is 11.8 Å². The van der Waals surface area contributed by atoms with E-state index in [0.717, 1.165) is 18.9 Å². The summed E-state index contributed by atoms with van der Waals surface area (Å²) in [6, 6.07) is 1.91. The maximum Gasteiger partial charge on any atom is 0.273 e. The first kappa shape index (κ1) is 14.1. The van der Waals surface area contributed by atoms with Gasteiger partial charge in [0.1, 0.15) is 11.5 Å². The van der Waals surface area contributed by atoms with E-state index in [2.05, 4.69) is 19.6 Å². The summed E-state index contributed by atoms with van der Waals surface area (Å²) in [6.07, 6.45) is 7.49. The summed E-state index contributed by atoms with van der Waals surface area (Å²) >= 11 is 1.44. The molecule has 118 valence electrons. The van der Waals surface area contributed by atoms with Gasteiger partial charge in [0, 0.05) is 55.7 Å². The van der Waals surface area contributed by atoms with E-state index in [1.807, 2.05) is 28.0 Å². The average Bonchev–Trinajstić information content (AvgIpc) is 3.28. The number of carbonyl (C=O) groups excluding carboxylic acids is 1. The van der Waals surface area contributed by atoms with Crippen molar-refractivity contribution in [3.63, 3.8) is 0 Å². The highest BCUT2D eigenvalue weighted by molar-refractivity contribution is 7.07. The SMILES string of the molecule is O=C(c1cscn1)N1Cc2nccn2C[C@@H](Cn2cccn2)C1. The van der Waals surface area contributed by atoms with Gasteiger partial charge in [-0.05, 0) is 6.07 Å². The van der Waals surface area contributed by atoms with Crippen LogP contribution in [-0.4, -0.2) is 41.7 Å². The molecule has 0 bridgehead atoms. The zero-order valence-electron chi connectivity index (χ0n) is 12.4. The van der Waals surface area contributed by atoms with Crippen molar-refractivity contribution in [3.8, 4) is 0 Å². The van der Waals surface area contributed by atoms with Crippen LogP contribution in [0.3, 0.4) is 0 Å². The van der Waals surface area contributed by atoms with Gasteiger partial charge in [0.25, 0.3) is 5.91 Å². The number of imidazole rings is 1. The molecule has 0 unspecified atom stereocenters. The minimum atomic E-state index is -0.0341. The highest BCUT2D eigenvalue weighted by Gasteiger charge is 2.27. The normalized spacial score (nSPS) is 17.7. The molecule has 4 heterocycles. The fraction of sp³-hybridized carbons (Fsp3) is 0.333. The topological polar surface area (TPSA) is 68.8 Å². The van der Waals surface area contributed by atoms with E-state index in [9.17, 15) is 4.79 Å². The van der Waals surface area contributed by atoms with E-state index in [1.54, 1.807) is 23.3 Å². The van der Waals surface area contributed by atoms with E-state index in [4.69, 9.17) is 0 Å². The number of amides is 1. The minimum absolute atomic E-state index is 0.0341. The largest absolute Gasteiger partial charge is 0.333 e. The third kappa shape index (κ3) is 2.89. The van der Waals surface area contributed by atoms with Gasteiger partial charge in [0.15, 0.2) is 0 Å². The molecule has 4 rings (SSSR count). The molecule has 3 aromatic heterocycles. The Balaban J connectivity index is 1.60. The number of fused-ring (bicyclic) bond motifs is 1. The molecule has 0 aliphatic carbocycles. The Morgan fingerprint density at radius 1 is 1.26 bits per heavy atom. The number of rotatable bonds is 3. The quantitative estimate of drug-likeness (QED) is 0.731. The van der Waals surface area contributed by atoms with Crippen LogP contribution in [0.5, 0.6) is 0 Å². The number of hydrogen-bond acceptors (Lipinski definition) is 5. The summed E-state index contributed by atoms with van der Waals surface area (Å²) in [7, 11) is 0. The molecule has 1 aliphatic rings. The van der Waals surface area contributed by atoms with Crippen LogP contribution in [0.15, 0.2) is 41.7 Å². The fourth-order valence-corrected chi connectivity index (χ4v) is 3.49. The molecule has 1 amide bonds. The van der Waals surface area contributed by atoms with Gasteiger partial charge in [-0.1, -0.05) is 0 Å². The van der Waals surface area contributed by atoms with E-state index in [0.29, 0.717) is 18.8 Å². The van der Waals surface area contributed by atoms with Gasteiger partial charge in [0.2, 0.25) is 0 Å². The molecule has 8 heteroatoms. The third-order valence-corrected chi connectivity index (χ3v) is 4.60. The summed E-state index contributed by atoms with van der Waals surface area (Å²) < 4.78 is 4.04. The molecule has 3 aromatic rings. The van der Waals surface area contributed by atoms with Crippen molar-refractivity contribution in [2.75, 3.05) is 6.54 Å². The average molecular weight is 328 g/mol. The first-order chi connectivity index (χ1) is 11.3. The lowest BCUT2D eigenvalue weighted by Gasteiger charge is -2.23. The first-order valence-electron chi connectivity index (χ1n) is 7.44. The van der Waals surface area contributed by atoms with Gasteiger partial charge < -0.3 is 9.47 Å². The number of aromatic nitrogens is 5. The standard InChI is InChI=1S/C15H16N6OS/c22-15(13-10-23-11-17-13)20-7-12(8-21-4-1-2-18-21)6-19-5-3-16-14(19)9-20/h1-5,10-12H,6-9H2/t12-/m1/s1. The molecule has 1 aliphatic heterocycles. The van der Waals surface area contributed by atoms with Crippen molar-refractivity contribution < 1.29 is 4.79 Å². The predicted octanol–water partition coefficient (Wildman–Crippen LogP) is 1.51. The molecular weight excluding hydrogens is 312 g/mol. The van der Waals surface area contributed by atoms with Crippen molar-refractivity contribution in [2.45, 2.75) is 19.6 Å². The highest BCUT2D eigenvalue weighted by atomic mass is 32.1. The smallest absolute Gasteiger partial charge is 0.273 e. The number of hydrogen-bond donors (Lipinski definition) is 0. The van der Waals surface area contributed by atoms with Crippen LogP contribution in [-0.2, 0) is 19.6 Å². The molecule has 0 radical (unpaired) electrons. The van der Waals surface area contributed by atoms with Gasteiger partial charge >= 0.3 is 0 Å². The second-order valence-electron chi connectivity index (χ2n) is 5.65. The van der Waals surface area contributed by atoms with Gasteiger partial charge in [-0.3, -0.25) is 9.48 Å². The van der Waals surface area contributed by atoms with Crippen molar-refractivity contribution >= 4 is 17.2 Å². The minimum Gasteiger partial charge on any atom is -0.333 e. The number of carbonyl (C=O) groups is 1. The molecule has 0 aromatic carbocycles. The maximum atomic E-state index is 12.7. The summed E-state index contributed by atoms with van der Waals surface area (Å²) in [5.74, 6) is 1.15. The molecule has 23 heavy (non-hydrogen) atoms. The molecule has 0 N–H and O–H groups in total. The van der Waals surface area contributed by atoms with Gasteiger partial charge in [0.05, 0.1) is 12.1 Å². The maximum absolute atomic E-state index is 12.7. The summed E-state index contributed by atoms with van der Waals surface area (Å²) in [6.45, 7) is 2.78. The summed E-state index contributed by atoms with van der Waals surface area (Å²) in [5, 5.41) is 6.08. The molecule has 0 spiro atoms. The fourth-order valence-electron chi connectivity index (χ4n) is 2.96. The zero-order valence-corrected chi connectivity index (χ0v) is 13.3. The van der Waals surface area contributed by atoms with Crippen LogP contribution in [0.2, 0.25) is 0 Å². The Labute approximate surface area is 137 Å². The second kappa shape index (κ2) is 5.96. The molecule has 0 fully saturated rings. The lowest BCUT2D eigenvalue weighted by molar-refractivity contribution is 0.0707. The van der Waals surface area contributed by atoms with E-state index >= 15 is 0 Å². The summed E-state index contributed by atoms with van der Waals surface area (Å²) in [5.41, 5.74) is 2.19. The Hall–Kier alpha value is -2.48. The summed E-state index contributed by atoms with van der Waals surface area (Å²) in [4.78, 5) is 23.1. The Morgan fingerprint density at radius 3 is 3.00 bits per heavy atom. The molecule has 1 atom stereocenters. The Morgan fingerprint density at radius 2 is 2.22 bits per heavy atom. The van der Waals surface area contributed by atoms with Crippen molar-refractivity contribution in [2.24, 2.45) is 5.92 Å². The van der Waals surface area contributed by atoms with E-state index < -0.39 is 0 Å². The first-order valence-corrected chi connectivity index (χ1v) is 8.39. The second-order valence-corrected chi connectivity index (χ2v) is 6.37. The molecule has 0 saturated carbocycles. The third-order valence-electron chi connectivity index (χ3n) is 4.01. The number of thiazole rings is 1. The molecule has 7 nitrogen and oxygen atoms in total. The molecule has 0 saturated heterocycles. The van der Waals surface area contributed by atoms with Crippen molar-refractivity contribution in [1.29, 1.82) is 0 Å². The lowest BCUT2D eigenvalue weighted by atomic mass is 10.1. The van der Waals surface area contributed by atoms with Crippen LogP contribution in [0, 0.1) is 5.92 Å². The van der Waals surface area contributed by atoms with Crippen LogP contribution in [0.1, 0.15) is 16.3 Å². The molecular formula is C15H16N6OS. The Bertz CT molecular complexity index is 779. The van der Waals surface area contributed by atoms with Gasteiger partial charge in [-0.15, -0.1) is 11.3 Å². The van der Waals surface area contributed by atoms with Crippen LogP contribution in [0.25, 0.3) is 0 Å².